The van der Waals surface area contributed by atoms with Gasteiger partial charge in [0.1, 0.15) is 5.75 Å². The van der Waals surface area contributed by atoms with Crippen molar-refractivity contribution in [3.8, 4) is 5.75 Å². The van der Waals surface area contributed by atoms with Crippen molar-refractivity contribution in [2.24, 2.45) is 5.41 Å². The minimum Gasteiger partial charge on any atom is -0.491 e. The summed E-state index contributed by atoms with van der Waals surface area (Å²) in [5.74, 6) is 0.692. The van der Waals surface area contributed by atoms with Gasteiger partial charge in [-0.2, -0.15) is 0 Å². The van der Waals surface area contributed by atoms with Crippen molar-refractivity contribution in [3.05, 3.63) is 54.6 Å². The quantitative estimate of drug-likeness (QED) is 0.615. The number of hydrogen-bond donors (Lipinski definition) is 3. The van der Waals surface area contributed by atoms with Crippen LogP contribution in [-0.4, -0.2) is 45.5 Å². The van der Waals surface area contributed by atoms with Gasteiger partial charge in [-0.3, -0.25) is 9.97 Å². The second-order valence-electron chi connectivity index (χ2n) is 6.44. The zero-order chi connectivity index (χ0) is 16.8. The molecule has 0 aliphatic heterocycles. The molecule has 1 fully saturated rings. The Morgan fingerprint density at radius 3 is 2.37 bits per heavy atom. The van der Waals surface area contributed by atoms with E-state index in [1.165, 1.54) is 0 Å². The van der Waals surface area contributed by atoms with Gasteiger partial charge in [0.2, 0.25) is 0 Å². The van der Waals surface area contributed by atoms with Crippen LogP contribution in [0.25, 0.3) is 0 Å². The van der Waals surface area contributed by atoms with Crippen LogP contribution in [0.3, 0.4) is 0 Å². The number of ether oxygens (including phenoxy) is 1. The first-order valence-electron chi connectivity index (χ1n) is 8.16. The van der Waals surface area contributed by atoms with Gasteiger partial charge in [-0.1, -0.05) is 6.07 Å². The number of nitrogens with one attached hydrogen (secondary N) is 1. The molecule has 0 amide bonds. The Morgan fingerprint density at radius 1 is 1.04 bits per heavy atom. The number of halogens is 3. The Morgan fingerprint density at radius 2 is 1.78 bits per heavy atom. The van der Waals surface area contributed by atoms with Crippen molar-refractivity contribution in [2.75, 3.05) is 13.2 Å². The second-order valence-corrected chi connectivity index (χ2v) is 6.44. The number of aliphatic hydroxyl groups excluding tert-OH is 2. The van der Waals surface area contributed by atoms with Crippen LogP contribution in [-0.2, 0) is 6.54 Å². The molecule has 0 aromatic carbocycles. The maximum Gasteiger partial charge on any atom is 0.137 e. The average Bonchev–Trinajstić information content (AvgIpc) is 2.90. The van der Waals surface area contributed by atoms with E-state index in [1.54, 1.807) is 18.6 Å². The van der Waals surface area contributed by atoms with E-state index >= 15 is 0 Å². The number of rotatable bonds is 7. The minimum atomic E-state index is -0.709. The fourth-order valence-electron chi connectivity index (χ4n) is 3.18. The SMILES string of the molecule is Cl.Cl.Cl.O[C@@H]1CC(CNCc2ccccn2)(COc2cccnc2)C[C@@H]1O. The molecule has 1 aliphatic rings. The van der Waals surface area contributed by atoms with E-state index < -0.39 is 12.2 Å². The Hall–Kier alpha value is -1.15. The molecule has 2 aromatic heterocycles. The summed E-state index contributed by atoms with van der Waals surface area (Å²) in [4.78, 5) is 8.32. The van der Waals surface area contributed by atoms with E-state index in [-0.39, 0.29) is 42.6 Å². The van der Waals surface area contributed by atoms with Crippen LogP contribution < -0.4 is 10.1 Å². The third kappa shape index (κ3) is 7.41. The highest BCUT2D eigenvalue weighted by Gasteiger charge is 2.44. The zero-order valence-corrected chi connectivity index (χ0v) is 17.2. The van der Waals surface area contributed by atoms with Crippen LogP contribution in [0.15, 0.2) is 48.9 Å². The number of nitrogens with zero attached hydrogens (tertiary/aromatic N) is 2. The van der Waals surface area contributed by atoms with Gasteiger partial charge in [0.05, 0.1) is 30.7 Å². The van der Waals surface area contributed by atoms with Gasteiger partial charge < -0.3 is 20.3 Å². The summed E-state index contributed by atoms with van der Waals surface area (Å²) in [5.41, 5.74) is 0.642. The molecule has 3 N–H and O–H groups in total. The van der Waals surface area contributed by atoms with Crippen molar-refractivity contribution in [3.63, 3.8) is 0 Å². The largest absolute Gasteiger partial charge is 0.491 e. The first-order chi connectivity index (χ1) is 11.7. The van der Waals surface area contributed by atoms with Gasteiger partial charge in [-0.25, -0.2) is 0 Å². The summed E-state index contributed by atoms with van der Waals surface area (Å²) in [6.07, 6.45) is 4.71. The standard InChI is InChI=1S/C18H23N3O3.3ClH/c22-16-8-18(9-17(16)23,13-24-15-5-3-6-19-11-15)12-20-10-14-4-1-2-7-21-14;;;/h1-7,11,16-17,20,22-23H,8-10,12-13H2;3*1H/t16-,17+,18?;;;. The number of hydrogen-bond acceptors (Lipinski definition) is 6. The molecule has 3 rings (SSSR count). The molecule has 0 spiro atoms. The Balaban J connectivity index is 0.00000225. The Labute approximate surface area is 178 Å². The van der Waals surface area contributed by atoms with E-state index in [1.807, 2.05) is 30.3 Å². The highest BCUT2D eigenvalue weighted by molar-refractivity contribution is 5.86. The molecule has 0 radical (unpaired) electrons. The van der Waals surface area contributed by atoms with Gasteiger partial charge in [-0.15, -0.1) is 37.2 Å². The lowest BCUT2D eigenvalue weighted by Crippen LogP contribution is -2.38. The molecular formula is C18H26Cl3N3O3. The number of aromatic nitrogens is 2. The summed E-state index contributed by atoms with van der Waals surface area (Å²) in [5, 5.41) is 23.4. The molecule has 0 saturated heterocycles. The molecular weight excluding hydrogens is 413 g/mol. The first-order valence-corrected chi connectivity index (χ1v) is 8.16. The number of aliphatic hydroxyl groups is 2. The van der Waals surface area contributed by atoms with E-state index in [0.29, 0.717) is 38.3 Å². The molecule has 2 aromatic rings. The van der Waals surface area contributed by atoms with E-state index in [0.717, 1.165) is 5.69 Å². The minimum absolute atomic E-state index is 0. The van der Waals surface area contributed by atoms with E-state index in [9.17, 15) is 10.2 Å². The van der Waals surface area contributed by atoms with Gasteiger partial charge in [0, 0.05) is 30.9 Å². The van der Waals surface area contributed by atoms with Crippen molar-refractivity contribution < 1.29 is 14.9 Å². The molecule has 9 heteroatoms. The Kier molecular flexibility index (Phi) is 11.8. The topological polar surface area (TPSA) is 87.5 Å². The highest BCUT2D eigenvalue weighted by Crippen LogP contribution is 2.38. The molecule has 0 bridgehead atoms. The summed E-state index contributed by atoms with van der Waals surface area (Å²) < 4.78 is 5.85. The van der Waals surface area contributed by atoms with Gasteiger partial charge in [-0.05, 0) is 37.1 Å². The molecule has 27 heavy (non-hydrogen) atoms. The molecule has 3 atom stereocenters. The molecule has 152 valence electrons. The lowest BCUT2D eigenvalue weighted by molar-refractivity contribution is 0.0438. The second kappa shape index (κ2) is 12.3. The van der Waals surface area contributed by atoms with Gasteiger partial charge >= 0.3 is 0 Å². The lowest BCUT2D eigenvalue weighted by atomic mass is 9.86. The summed E-state index contributed by atoms with van der Waals surface area (Å²) >= 11 is 0. The zero-order valence-electron chi connectivity index (χ0n) is 14.7. The first kappa shape index (κ1) is 25.9. The van der Waals surface area contributed by atoms with Gasteiger partial charge in [0.15, 0.2) is 0 Å². The molecule has 2 heterocycles. The predicted octanol–water partition coefficient (Wildman–Crippen LogP) is 2.41. The number of pyridine rings is 2. The van der Waals surface area contributed by atoms with Crippen molar-refractivity contribution in [1.82, 2.24) is 15.3 Å². The van der Waals surface area contributed by atoms with Crippen LogP contribution in [0.1, 0.15) is 18.5 Å². The van der Waals surface area contributed by atoms with Crippen molar-refractivity contribution in [2.45, 2.75) is 31.6 Å². The van der Waals surface area contributed by atoms with Crippen LogP contribution in [0.5, 0.6) is 5.75 Å². The van der Waals surface area contributed by atoms with E-state index in [4.69, 9.17) is 4.74 Å². The maximum absolute atomic E-state index is 9.99. The fraction of sp³-hybridized carbons (Fsp3) is 0.444. The van der Waals surface area contributed by atoms with Gasteiger partial charge in [0.25, 0.3) is 0 Å². The van der Waals surface area contributed by atoms with Crippen LogP contribution in [0.4, 0.5) is 0 Å². The van der Waals surface area contributed by atoms with Crippen LogP contribution in [0, 0.1) is 5.41 Å². The maximum atomic E-state index is 9.99. The van der Waals surface area contributed by atoms with Crippen LogP contribution in [0.2, 0.25) is 0 Å². The summed E-state index contributed by atoms with van der Waals surface area (Å²) in [6, 6.07) is 9.47. The fourth-order valence-corrected chi connectivity index (χ4v) is 3.18. The smallest absolute Gasteiger partial charge is 0.137 e. The van der Waals surface area contributed by atoms with Crippen molar-refractivity contribution in [1.29, 1.82) is 0 Å². The van der Waals surface area contributed by atoms with Crippen LogP contribution >= 0.6 is 37.2 Å². The molecule has 6 nitrogen and oxygen atoms in total. The van der Waals surface area contributed by atoms with Crippen molar-refractivity contribution >= 4 is 37.2 Å². The van der Waals surface area contributed by atoms with E-state index in [2.05, 4.69) is 15.3 Å². The molecule has 1 aliphatic carbocycles. The monoisotopic (exact) mass is 437 g/mol. The lowest BCUT2D eigenvalue weighted by Gasteiger charge is -2.29. The molecule has 1 unspecified atom stereocenters. The third-order valence-electron chi connectivity index (χ3n) is 4.44. The highest BCUT2D eigenvalue weighted by atomic mass is 35.5. The normalized spacial score (nSPS) is 23.5. The average molecular weight is 439 g/mol. The molecule has 1 saturated carbocycles. The predicted molar refractivity (Wildman–Crippen MR) is 111 cm³/mol. The summed E-state index contributed by atoms with van der Waals surface area (Å²) in [7, 11) is 0. The third-order valence-corrected chi connectivity index (χ3v) is 4.44. The Bertz CT molecular complexity index is 628. The summed E-state index contributed by atoms with van der Waals surface area (Å²) in [6.45, 7) is 1.70.